The van der Waals surface area contributed by atoms with Crippen LogP contribution in [0.4, 0.5) is 0 Å². The first kappa shape index (κ1) is 24.7. The predicted molar refractivity (Wildman–Crippen MR) is 130 cm³/mol. The second-order valence-corrected chi connectivity index (χ2v) is 11.9. The van der Waals surface area contributed by atoms with Crippen LogP contribution in [0.2, 0.25) is 0 Å². The van der Waals surface area contributed by atoms with Gasteiger partial charge >= 0.3 is 5.97 Å². The number of ether oxygens (including phenoxy) is 3. The van der Waals surface area contributed by atoms with E-state index in [-0.39, 0.29) is 43.2 Å². The third-order valence-electron chi connectivity index (χ3n) is 10.3. The Labute approximate surface area is 208 Å². The fourth-order valence-corrected chi connectivity index (χ4v) is 8.99. The largest absolute Gasteiger partial charge is 0.481 e. The van der Waals surface area contributed by atoms with Crippen molar-refractivity contribution in [3.05, 3.63) is 23.8 Å². The summed E-state index contributed by atoms with van der Waals surface area (Å²) in [7, 11) is 0. The molecule has 0 amide bonds. The van der Waals surface area contributed by atoms with Gasteiger partial charge in [0.2, 0.25) is 0 Å². The third kappa shape index (κ3) is 3.08. The van der Waals surface area contributed by atoms with Crippen molar-refractivity contribution in [3.63, 3.8) is 0 Å². The van der Waals surface area contributed by atoms with E-state index in [1.54, 1.807) is 0 Å². The summed E-state index contributed by atoms with van der Waals surface area (Å²) in [6.45, 7) is 8.75. The number of fused-ring (bicyclic) bond motifs is 2. The van der Waals surface area contributed by atoms with Gasteiger partial charge in [0.1, 0.15) is 24.4 Å². The maximum Gasteiger partial charge on any atom is 0.315 e. The molecule has 0 spiro atoms. The first-order valence-electron chi connectivity index (χ1n) is 13.1. The normalized spacial score (nSPS) is 47.4. The molecule has 1 heterocycles. The van der Waals surface area contributed by atoms with Gasteiger partial charge in [-0.15, -0.1) is 6.42 Å². The molecule has 3 fully saturated rings. The minimum Gasteiger partial charge on any atom is -0.481 e. The van der Waals surface area contributed by atoms with E-state index in [1.165, 1.54) is 0 Å². The Kier molecular flexibility index (Phi) is 6.06. The third-order valence-corrected chi connectivity index (χ3v) is 10.3. The minimum absolute atomic E-state index is 0.00991. The van der Waals surface area contributed by atoms with Crippen LogP contribution in [-0.2, 0) is 23.8 Å². The lowest BCUT2D eigenvalue weighted by atomic mass is 9.43. The molecule has 0 aromatic heterocycles. The molecule has 4 aliphatic carbocycles. The van der Waals surface area contributed by atoms with E-state index in [1.807, 2.05) is 19.1 Å². The van der Waals surface area contributed by atoms with Crippen LogP contribution in [0.25, 0.3) is 0 Å². The van der Waals surface area contributed by atoms with E-state index in [2.05, 4.69) is 32.8 Å². The molecule has 0 radical (unpaired) electrons. The van der Waals surface area contributed by atoms with Crippen molar-refractivity contribution in [2.75, 3.05) is 13.2 Å². The average Bonchev–Trinajstić information content (AvgIpc) is 3.39. The van der Waals surface area contributed by atoms with Crippen molar-refractivity contribution < 1.29 is 28.9 Å². The fraction of sp³-hybridized carbons (Fsp3) is 0.724. The van der Waals surface area contributed by atoms with Gasteiger partial charge in [0.25, 0.3) is 0 Å². The number of allylic oxidation sites excluding steroid dienone is 1. The zero-order valence-electron chi connectivity index (χ0n) is 21.2. The van der Waals surface area contributed by atoms with Gasteiger partial charge in [0.05, 0.1) is 18.1 Å². The van der Waals surface area contributed by atoms with Crippen LogP contribution < -0.4 is 0 Å². The van der Waals surface area contributed by atoms with Crippen LogP contribution >= 0.6 is 0 Å². The average molecular weight is 483 g/mol. The highest BCUT2D eigenvalue weighted by Crippen LogP contribution is 2.82. The highest BCUT2D eigenvalue weighted by molar-refractivity contribution is 5.90. The molecule has 6 heteroatoms. The molecule has 3 saturated carbocycles. The summed E-state index contributed by atoms with van der Waals surface area (Å²) < 4.78 is 18.1. The molecule has 5 aliphatic rings. The van der Waals surface area contributed by atoms with Crippen molar-refractivity contribution in [2.24, 2.45) is 45.8 Å². The Balaban J connectivity index is 1.52. The van der Waals surface area contributed by atoms with Crippen molar-refractivity contribution >= 4 is 12.3 Å². The summed E-state index contributed by atoms with van der Waals surface area (Å²) in [5.74, 6) is 2.60. The summed E-state index contributed by atoms with van der Waals surface area (Å²) in [5.41, 5.74) is -1.84. The van der Waals surface area contributed by atoms with E-state index in [0.717, 1.165) is 31.1 Å². The van der Waals surface area contributed by atoms with Gasteiger partial charge < -0.3 is 24.1 Å². The van der Waals surface area contributed by atoms with Crippen LogP contribution in [0.3, 0.4) is 0 Å². The minimum atomic E-state index is -1.23. The molecule has 6 nitrogen and oxygen atoms in total. The Bertz CT molecular complexity index is 992. The molecule has 0 aromatic carbocycles. The van der Waals surface area contributed by atoms with Crippen molar-refractivity contribution in [3.8, 4) is 12.3 Å². The molecule has 0 aromatic rings. The van der Waals surface area contributed by atoms with Gasteiger partial charge in [-0.2, -0.15) is 0 Å². The van der Waals surface area contributed by atoms with Crippen LogP contribution in [0, 0.1) is 58.2 Å². The van der Waals surface area contributed by atoms with Gasteiger partial charge in [-0.3, -0.25) is 4.79 Å². The zero-order valence-corrected chi connectivity index (χ0v) is 21.2. The molecule has 10 atom stereocenters. The second kappa shape index (κ2) is 8.57. The molecular weight excluding hydrogens is 444 g/mol. The first-order chi connectivity index (χ1) is 16.7. The maximum absolute atomic E-state index is 13.5. The standard InChI is InChI=1S/C29H38O6/c1-6-11-33-24-9-10-25(35-19(24)5)34-16-28-14-21-18(4)7-8-22(21)27(15-30)13-20(28)12-23(17(2)3)29(27,28)26(31)32/h1,9-10,12,15,17-22,24-25H,7-8,11,13-14,16H2,2-5H3,(H,31,32)/t18-,19-,20?,21-,22-,24+,25-,27?,28?,29+/m1/s1. The molecular formula is C29H38O6. The number of hydrogen-bond acceptors (Lipinski definition) is 5. The lowest BCUT2D eigenvalue weighted by Crippen LogP contribution is -2.63. The Morgan fingerprint density at radius 1 is 1.29 bits per heavy atom. The van der Waals surface area contributed by atoms with E-state index in [4.69, 9.17) is 20.6 Å². The Hall–Kier alpha value is -1.94. The van der Waals surface area contributed by atoms with Crippen molar-refractivity contribution in [1.29, 1.82) is 0 Å². The van der Waals surface area contributed by atoms with E-state index in [9.17, 15) is 14.7 Å². The number of carboxylic acids is 1. The highest BCUT2D eigenvalue weighted by atomic mass is 16.7. The van der Waals surface area contributed by atoms with Gasteiger partial charge in [-0.25, -0.2) is 0 Å². The molecule has 1 N–H and O–H groups in total. The molecule has 190 valence electrons. The number of hydrogen-bond donors (Lipinski definition) is 1. The SMILES string of the molecule is C#CCO[C@H]1C=C[C@H](OCC23C[C@@H]4[C@H](C)CC[C@H]4C4(C=O)CC2C=C(C(C)C)[C@@]34C(=O)O)O[C@@H]1C. The second-order valence-electron chi connectivity index (χ2n) is 11.9. The lowest BCUT2D eigenvalue weighted by Gasteiger charge is -2.58. The monoisotopic (exact) mass is 482 g/mol. The fourth-order valence-electron chi connectivity index (χ4n) is 8.99. The molecule has 5 rings (SSSR count). The van der Waals surface area contributed by atoms with Gasteiger partial charge in [-0.05, 0) is 61.9 Å². The Morgan fingerprint density at radius 2 is 2.06 bits per heavy atom. The van der Waals surface area contributed by atoms with E-state index >= 15 is 0 Å². The van der Waals surface area contributed by atoms with Crippen molar-refractivity contribution in [2.45, 2.75) is 71.9 Å². The Morgan fingerprint density at radius 3 is 2.69 bits per heavy atom. The molecule has 35 heavy (non-hydrogen) atoms. The predicted octanol–water partition coefficient (Wildman–Crippen LogP) is 4.25. The van der Waals surface area contributed by atoms with E-state index < -0.39 is 28.5 Å². The number of aliphatic carboxylic acids is 1. The maximum atomic E-state index is 13.5. The molecule has 3 unspecified atom stereocenters. The van der Waals surface area contributed by atoms with Crippen LogP contribution in [-0.4, -0.2) is 49.1 Å². The van der Waals surface area contributed by atoms with Gasteiger partial charge in [0, 0.05) is 5.41 Å². The van der Waals surface area contributed by atoms with Gasteiger partial charge in [-0.1, -0.05) is 50.8 Å². The summed E-state index contributed by atoms with van der Waals surface area (Å²) in [4.78, 5) is 26.5. The van der Waals surface area contributed by atoms with Gasteiger partial charge in [0.15, 0.2) is 6.29 Å². The highest BCUT2D eigenvalue weighted by Gasteiger charge is 2.84. The van der Waals surface area contributed by atoms with Crippen LogP contribution in [0.5, 0.6) is 0 Å². The van der Waals surface area contributed by atoms with Crippen molar-refractivity contribution in [1.82, 2.24) is 0 Å². The first-order valence-corrected chi connectivity index (χ1v) is 13.1. The number of terminal acetylenes is 1. The number of aldehydes is 1. The lowest BCUT2D eigenvalue weighted by molar-refractivity contribution is -0.214. The number of rotatable bonds is 8. The topological polar surface area (TPSA) is 82.1 Å². The quantitative estimate of drug-likeness (QED) is 0.317. The summed E-state index contributed by atoms with van der Waals surface area (Å²) in [5, 5.41) is 11.0. The van der Waals surface area contributed by atoms with E-state index in [0.29, 0.717) is 18.3 Å². The molecule has 4 bridgehead atoms. The zero-order chi connectivity index (χ0) is 25.2. The summed E-state index contributed by atoms with van der Waals surface area (Å²) in [6.07, 6.45) is 14.6. The van der Waals surface area contributed by atoms with Crippen LogP contribution in [0.15, 0.2) is 23.8 Å². The van der Waals surface area contributed by atoms with Crippen LogP contribution in [0.1, 0.15) is 53.4 Å². The number of carboxylic acid groups (broad SMARTS) is 1. The summed E-state index contributed by atoms with van der Waals surface area (Å²) >= 11 is 0. The smallest absolute Gasteiger partial charge is 0.315 e. The number of carbonyl (C=O) groups excluding carboxylic acids is 1. The number of carbonyl (C=O) groups is 2. The molecule has 1 aliphatic heterocycles. The molecule has 0 saturated heterocycles. The summed E-state index contributed by atoms with van der Waals surface area (Å²) in [6, 6.07) is 0.